The number of aromatic nitrogens is 1. The van der Waals surface area contributed by atoms with Crippen LogP contribution in [0, 0.1) is 6.92 Å². The van der Waals surface area contributed by atoms with E-state index in [0.29, 0.717) is 44.7 Å². The van der Waals surface area contributed by atoms with Gasteiger partial charge in [-0.25, -0.2) is 9.78 Å². The third-order valence-corrected chi connectivity index (χ3v) is 7.99. The van der Waals surface area contributed by atoms with Gasteiger partial charge in [0.05, 0.1) is 5.69 Å². The Morgan fingerprint density at radius 3 is 2.32 bits per heavy atom. The van der Waals surface area contributed by atoms with E-state index in [1.165, 1.54) is 11.3 Å². The molecule has 1 aromatic heterocycles. The highest BCUT2D eigenvalue weighted by Gasteiger charge is 2.25. The van der Waals surface area contributed by atoms with Crippen LogP contribution in [0.15, 0.2) is 72.8 Å². The zero-order chi connectivity index (χ0) is 33.6. The summed E-state index contributed by atoms with van der Waals surface area (Å²) in [6.07, 6.45) is 1.31. The number of rotatable bonds is 11. The molecule has 11 nitrogen and oxygen atoms in total. The van der Waals surface area contributed by atoms with E-state index in [-0.39, 0.29) is 24.4 Å². The molecule has 1 aliphatic rings. The Kier molecular flexibility index (Phi) is 10.2. The van der Waals surface area contributed by atoms with Gasteiger partial charge < -0.3 is 31.3 Å². The van der Waals surface area contributed by atoms with Crippen LogP contribution in [0.4, 0.5) is 21.3 Å². The normalized spacial score (nSPS) is 12.5. The SMILES string of the molecule is Cc1ccc(C(=O)NC2CC2)cc1Nc1nc(-c2ccc(NC(=O)CNC(=O)OC(C)(C)C)cc2)c(C(=O)NCc2ccccc2)s1. The van der Waals surface area contributed by atoms with Crippen molar-refractivity contribution in [2.24, 2.45) is 0 Å². The first-order valence-electron chi connectivity index (χ1n) is 15.3. The number of thiazole rings is 1. The molecule has 0 aliphatic heterocycles. The van der Waals surface area contributed by atoms with Gasteiger partial charge in [0.1, 0.15) is 17.0 Å². The first-order valence-corrected chi connectivity index (χ1v) is 16.1. The van der Waals surface area contributed by atoms with Crippen molar-refractivity contribution in [2.45, 2.75) is 58.7 Å². The van der Waals surface area contributed by atoms with Crippen LogP contribution in [0.2, 0.25) is 0 Å². The van der Waals surface area contributed by atoms with Gasteiger partial charge in [0.25, 0.3) is 11.8 Å². The lowest BCUT2D eigenvalue weighted by atomic mass is 10.1. The molecule has 0 atom stereocenters. The van der Waals surface area contributed by atoms with Gasteiger partial charge in [-0.05, 0) is 75.9 Å². The third-order valence-electron chi connectivity index (χ3n) is 7.02. The summed E-state index contributed by atoms with van der Waals surface area (Å²) in [4.78, 5) is 55.7. The fourth-order valence-corrected chi connectivity index (χ4v) is 5.39. The predicted molar refractivity (Wildman–Crippen MR) is 183 cm³/mol. The zero-order valence-electron chi connectivity index (χ0n) is 26.7. The minimum atomic E-state index is -0.683. The Bertz CT molecular complexity index is 1760. The number of benzene rings is 3. The molecule has 0 radical (unpaired) electrons. The number of nitrogens with one attached hydrogen (secondary N) is 5. The van der Waals surface area contributed by atoms with E-state index in [2.05, 4.69) is 26.6 Å². The molecule has 5 rings (SSSR count). The summed E-state index contributed by atoms with van der Waals surface area (Å²) in [5.41, 5.74) is 4.10. The van der Waals surface area contributed by atoms with Crippen LogP contribution in [-0.4, -0.2) is 47.0 Å². The maximum Gasteiger partial charge on any atom is 0.408 e. The van der Waals surface area contributed by atoms with Crippen LogP contribution < -0.4 is 26.6 Å². The average Bonchev–Trinajstić information content (AvgIpc) is 3.75. The predicted octanol–water partition coefficient (Wildman–Crippen LogP) is 6.15. The lowest BCUT2D eigenvalue weighted by molar-refractivity contribution is -0.115. The number of anilines is 3. The van der Waals surface area contributed by atoms with Crippen molar-refractivity contribution < 1.29 is 23.9 Å². The minimum absolute atomic E-state index is 0.121. The summed E-state index contributed by atoms with van der Waals surface area (Å²) in [5.74, 6) is -0.827. The molecule has 4 amide bonds. The van der Waals surface area contributed by atoms with E-state index >= 15 is 0 Å². The quantitative estimate of drug-likeness (QED) is 0.130. The zero-order valence-corrected chi connectivity index (χ0v) is 27.5. The van der Waals surface area contributed by atoms with Gasteiger partial charge in [-0.1, -0.05) is 59.9 Å². The van der Waals surface area contributed by atoms with Crippen molar-refractivity contribution in [1.82, 2.24) is 20.9 Å². The van der Waals surface area contributed by atoms with Gasteiger partial charge in [0.2, 0.25) is 5.91 Å². The molecule has 5 N–H and O–H groups in total. The second-order valence-electron chi connectivity index (χ2n) is 12.2. The summed E-state index contributed by atoms with van der Waals surface area (Å²) < 4.78 is 5.16. The first kappa shape index (κ1) is 33.1. The van der Waals surface area contributed by atoms with Gasteiger partial charge >= 0.3 is 6.09 Å². The van der Waals surface area contributed by atoms with Gasteiger partial charge in [-0.2, -0.15) is 0 Å². The number of nitrogens with zero attached hydrogens (tertiary/aromatic N) is 1. The fourth-order valence-electron chi connectivity index (χ4n) is 4.47. The number of carbonyl (C=O) groups excluding carboxylic acids is 4. The second kappa shape index (κ2) is 14.5. The first-order chi connectivity index (χ1) is 22.4. The molecule has 0 unspecified atom stereocenters. The van der Waals surface area contributed by atoms with Crippen LogP contribution in [0.3, 0.4) is 0 Å². The molecule has 4 aromatic rings. The van der Waals surface area contributed by atoms with Crippen LogP contribution in [0.25, 0.3) is 11.3 Å². The Morgan fingerprint density at radius 2 is 1.64 bits per heavy atom. The molecule has 12 heteroatoms. The smallest absolute Gasteiger partial charge is 0.408 e. The van der Waals surface area contributed by atoms with Gasteiger partial charge in [-0.3, -0.25) is 14.4 Å². The second-order valence-corrected chi connectivity index (χ2v) is 13.2. The Morgan fingerprint density at radius 1 is 0.915 bits per heavy atom. The number of ether oxygens (including phenoxy) is 1. The van der Waals surface area contributed by atoms with Gasteiger partial charge in [0.15, 0.2) is 5.13 Å². The average molecular weight is 655 g/mol. The molecule has 1 aliphatic carbocycles. The molecule has 244 valence electrons. The summed E-state index contributed by atoms with van der Waals surface area (Å²) in [5, 5.41) is 15.0. The molecule has 47 heavy (non-hydrogen) atoms. The Labute approximate surface area is 277 Å². The summed E-state index contributed by atoms with van der Waals surface area (Å²) >= 11 is 1.21. The number of carbonyl (C=O) groups is 4. The largest absolute Gasteiger partial charge is 0.444 e. The van der Waals surface area contributed by atoms with E-state index in [4.69, 9.17) is 9.72 Å². The molecular weight excluding hydrogens is 616 g/mol. The van der Waals surface area contributed by atoms with Crippen LogP contribution in [0.1, 0.15) is 64.8 Å². The fraction of sp³-hybridized carbons (Fsp3) is 0.286. The van der Waals surface area contributed by atoms with Crippen molar-refractivity contribution in [3.8, 4) is 11.3 Å². The standard InChI is InChI=1S/C35H38N6O5S/c1-21-10-11-24(31(43)39-26-16-17-26)18-27(21)40-33-41-29(30(47-33)32(44)36-19-22-8-6-5-7-9-22)23-12-14-25(15-13-23)38-28(42)20-37-34(45)46-35(2,3)4/h5-15,18,26H,16-17,19-20H2,1-4H3,(H,36,44)(H,37,45)(H,38,42)(H,39,43)(H,40,41). The monoisotopic (exact) mass is 654 g/mol. The van der Waals surface area contributed by atoms with Crippen LogP contribution in [0.5, 0.6) is 0 Å². The number of hydrogen-bond acceptors (Lipinski definition) is 8. The maximum absolute atomic E-state index is 13.5. The molecule has 0 saturated heterocycles. The molecule has 1 fully saturated rings. The summed E-state index contributed by atoms with van der Waals surface area (Å²) in [7, 11) is 0. The maximum atomic E-state index is 13.5. The van der Waals surface area contributed by atoms with E-state index in [9.17, 15) is 19.2 Å². The van der Waals surface area contributed by atoms with Crippen molar-refractivity contribution in [1.29, 1.82) is 0 Å². The highest BCUT2D eigenvalue weighted by molar-refractivity contribution is 7.18. The number of amides is 4. The molecular formula is C35H38N6O5S. The van der Waals surface area contributed by atoms with Crippen LogP contribution in [-0.2, 0) is 16.1 Å². The van der Waals surface area contributed by atoms with Crippen LogP contribution >= 0.6 is 11.3 Å². The molecule has 3 aromatic carbocycles. The van der Waals surface area contributed by atoms with Crippen molar-refractivity contribution in [3.63, 3.8) is 0 Å². The lowest BCUT2D eigenvalue weighted by Crippen LogP contribution is -2.37. The van der Waals surface area contributed by atoms with Gasteiger partial charge in [0, 0.05) is 35.1 Å². The van der Waals surface area contributed by atoms with Gasteiger partial charge in [-0.15, -0.1) is 0 Å². The topological polar surface area (TPSA) is 151 Å². The Balaban J connectivity index is 1.33. The number of alkyl carbamates (subject to hydrolysis) is 1. The van der Waals surface area contributed by atoms with E-state index < -0.39 is 17.6 Å². The van der Waals surface area contributed by atoms with Crippen molar-refractivity contribution >= 4 is 51.7 Å². The highest BCUT2D eigenvalue weighted by atomic mass is 32.1. The minimum Gasteiger partial charge on any atom is -0.444 e. The van der Waals surface area contributed by atoms with E-state index in [1.807, 2.05) is 43.3 Å². The lowest BCUT2D eigenvalue weighted by Gasteiger charge is -2.19. The summed E-state index contributed by atoms with van der Waals surface area (Å²) in [6, 6.07) is 22.2. The Hall–Kier alpha value is -5.23. The number of hydrogen-bond donors (Lipinski definition) is 5. The van der Waals surface area contributed by atoms with Crippen molar-refractivity contribution in [3.05, 3.63) is 94.4 Å². The van der Waals surface area contributed by atoms with E-state index in [0.717, 1.165) is 24.0 Å². The third kappa shape index (κ3) is 9.63. The molecule has 1 heterocycles. The highest BCUT2D eigenvalue weighted by Crippen LogP contribution is 2.34. The molecule has 0 spiro atoms. The van der Waals surface area contributed by atoms with E-state index in [1.54, 1.807) is 57.2 Å². The molecule has 1 saturated carbocycles. The number of aryl methyl sites for hydroxylation is 1. The van der Waals surface area contributed by atoms with Crippen molar-refractivity contribution in [2.75, 3.05) is 17.2 Å². The summed E-state index contributed by atoms with van der Waals surface area (Å²) in [6.45, 7) is 7.24. The molecule has 0 bridgehead atoms.